The number of benzene rings is 1. The van der Waals surface area contributed by atoms with Crippen molar-refractivity contribution in [3.8, 4) is 5.75 Å². The van der Waals surface area contributed by atoms with Crippen molar-refractivity contribution in [1.82, 2.24) is 25.4 Å². The number of aromatic amines is 1. The average Bonchev–Trinajstić information content (AvgIpc) is 3.45. The average molecular weight is 380 g/mol. The highest BCUT2D eigenvalue weighted by Gasteiger charge is 2.25. The first-order valence-electron chi connectivity index (χ1n) is 9.80. The number of ether oxygens (including phenoxy) is 1. The Morgan fingerprint density at radius 2 is 1.61 bits per heavy atom. The highest BCUT2D eigenvalue weighted by Crippen LogP contribution is 2.30. The lowest BCUT2D eigenvalue weighted by molar-refractivity contribution is 0.413. The van der Waals surface area contributed by atoms with E-state index in [9.17, 15) is 0 Å². The third-order valence-electron chi connectivity index (χ3n) is 5.55. The molecule has 0 atom stereocenters. The number of H-pyrrole nitrogens is 1. The van der Waals surface area contributed by atoms with Crippen LogP contribution in [0.4, 0.5) is 17.5 Å². The maximum atomic E-state index is 5.52. The van der Waals surface area contributed by atoms with Crippen LogP contribution in [0.2, 0.25) is 0 Å². The summed E-state index contributed by atoms with van der Waals surface area (Å²) in [6.07, 6.45) is 2.38. The Kier molecular flexibility index (Phi) is 4.34. The Balaban J connectivity index is 1.38. The van der Waals surface area contributed by atoms with Gasteiger partial charge in [0.15, 0.2) is 11.3 Å². The Hall–Kier alpha value is -3.10. The van der Waals surface area contributed by atoms with Gasteiger partial charge in [0.2, 0.25) is 11.6 Å². The molecule has 146 valence electrons. The van der Waals surface area contributed by atoms with Crippen LogP contribution in [0.3, 0.4) is 0 Å². The van der Waals surface area contributed by atoms with Gasteiger partial charge in [0, 0.05) is 39.3 Å². The standard InChI is InChI=1S/C19H24N8O/c1-28-15-7-3-2-6-14(15)25-10-12-27(13-11-25)19-20-17-16(22-24-23-17)18(21-19)26-8-4-5-9-26/h2-3,6-7H,4-5,8-13H2,1H3,(H,20,21,22,23,24). The van der Waals surface area contributed by atoms with Gasteiger partial charge >= 0.3 is 0 Å². The second-order valence-corrected chi connectivity index (χ2v) is 7.18. The molecule has 2 saturated heterocycles. The molecule has 0 aliphatic carbocycles. The van der Waals surface area contributed by atoms with Crippen molar-refractivity contribution < 1.29 is 4.74 Å². The number of hydrogen-bond acceptors (Lipinski definition) is 8. The van der Waals surface area contributed by atoms with E-state index < -0.39 is 0 Å². The van der Waals surface area contributed by atoms with Crippen molar-refractivity contribution in [2.75, 3.05) is 61.1 Å². The van der Waals surface area contributed by atoms with Gasteiger partial charge in [0.25, 0.3) is 0 Å². The zero-order valence-electron chi connectivity index (χ0n) is 16.0. The fourth-order valence-corrected chi connectivity index (χ4v) is 4.05. The van der Waals surface area contributed by atoms with E-state index in [1.54, 1.807) is 7.11 Å². The summed E-state index contributed by atoms with van der Waals surface area (Å²) < 4.78 is 5.52. The minimum Gasteiger partial charge on any atom is -0.495 e. The fraction of sp³-hybridized carbons (Fsp3) is 0.474. The van der Waals surface area contributed by atoms with Crippen molar-refractivity contribution in [3.05, 3.63) is 24.3 Å². The molecule has 3 aromatic rings. The monoisotopic (exact) mass is 380 g/mol. The van der Waals surface area contributed by atoms with Gasteiger partial charge in [-0.3, -0.25) is 0 Å². The van der Waals surface area contributed by atoms with Crippen LogP contribution in [-0.4, -0.2) is 71.8 Å². The molecule has 28 heavy (non-hydrogen) atoms. The molecule has 1 aromatic carbocycles. The third-order valence-corrected chi connectivity index (χ3v) is 5.55. The van der Waals surface area contributed by atoms with Gasteiger partial charge < -0.3 is 19.4 Å². The topological polar surface area (TPSA) is 86.3 Å². The van der Waals surface area contributed by atoms with Crippen LogP contribution in [0, 0.1) is 0 Å². The molecule has 2 aliphatic heterocycles. The third kappa shape index (κ3) is 2.96. The first kappa shape index (κ1) is 17.0. The Bertz CT molecular complexity index is 959. The fourth-order valence-electron chi connectivity index (χ4n) is 4.05. The van der Waals surface area contributed by atoms with Gasteiger partial charge in [0.1, 0.15) is 5.75 Å². The van der Waals surface area contributed by atoms with Crippen LogP contribution in [-0.2, 0) is 0 Å². The predicted octanol–water partition coefficient (Wildman–Crippen LogP) is 1.68. The van der Waals surface area contributed by atoms with E-state index in [0.29, 0.717) is 5.65 Å². The first-order chi connectivity index (χ1) is 13.8. The molecule has 0 saturated carbocycles. The summed E-state index contributed by atoms with van der Waals surface area (Å²) in [6, 6.07) is 8.16. The highest BCUT2D eigenvalue weighted by atomic mass is 16.5. The summed E-state index contributed by atoms with van der Waals surface area (Å²) in [5, 5.41) is 11.2. The molecule has 9 heteroatoms. The van der Waals surface area contributed by atoms with Crippen molar-refractivity contribution in [2.24, 2.45) is 0 Å². The minimum atomic E-state index is 0.638. The lowest BCUT2D eigenvalue weighted by Crippen LogP contribution is -2.47. The van der Waals surface area contributed by atoms with Crippen molar-refractivity contribution in [3.63, 3.8) is 0 Å². The Morgan fingerprint density at radius 1 is 0.857 bits per heavy atom. The zero-order chi connectivity index (χ0) is 18.9. The van der Waals surface area contributed by atoms with E-state index in [2.05, 4.69) is 41.2 Å². The van der Waals surface area contributed by atoms with Gasteiger partial charge in [-0.05, 0) is 25.0 Å². The molecular formula is C19H24N8O. The molecule has 5 rings (SSSR count). The molecule has 4 heterocycles. The number of nitrogens with one attached hydrogen (secondary N) is 1. The summed E-state index contributed by atoms with van der Waals surface area (Å²) in [5.74, 6) is 2.55. The number of anilines is 3. The lowest BCUT2D eigenvalue weighted by Gasteiger charge is -2.36. The molecule has 9 nitrogen and oxygen atoms in total. The molecule has 2 aliphatic rings. The van der Waals surface area contributed by atoms with Crippen molar-refractivity contribution in [2.45, 2.75) is 12.8 Å². The quantitative estimate of drug-likeness (QED) is 0.732. The van der Waals surface area contributed by atoms with E-state index in [4.69, 9.17) is 9.72 Å². The molecule has 2 fully saturated rings. The maximum Gasteiger partial charge on any atom is 0.229 e. The van der Waals surface area contributed by atoms with Crippen LogP contribution < -0.4 is 19.4 Å². The number of hydrogen-bond donors (Lipinski definition) is 1. The normalized spacial score (nSPS) is 17.5. The van der Waals surface area contributed by atoms with E-state index in [-0.39, 0.29) is 0 Å². The van der Waals surface area contributed by atoms with Gasteiger partial charge in [0.05, 0.1) is 12.8 Å². The number of nitrogens with zero attached hydrogens (tertiary/aromatic N) is 7. The first-order valence-corrected chi connectivity index (χ1v) is 9.80. The summed E-state index contributed by atoms with van der Waals surface area (Å²) in [4.78, 5) is 16.4. The Labute approximate surface area is 163 Å². The number of para-hydroxylation sites is 2. The zero-order valence-corrected chi connectivity index (χ0v) is 16.0. The summed E-state index contributed by atoms with van der Waals surface area (Å²) in [5.41, 5.74) is 2.53. The molecule has 0 amide bonds. The molecule has 1 N–H and O–H groups in total. The number of aromatic nitrogens is 5. The number of fused-ring (bicyclic) bond motifs is 1. The second-order valence-electron chi connectivity index (χ2n) is 7.18. The largest absolute Gasteiger partial charge is 0.495 e. The second kappa shape index (κ2) is 7.14. The smallest absolute Gasteiger partial charge is 0.229 e. The van der Waals surface area contributed by atoms with Gasteiger partial charge in [-0.1, -0.05) is 12.1 Å². The highest BCUT2D eigenvalue weighted by molar-refractivity contribution is 5.84. The Morgan fingerprint density at radius 3 is 2.39 bits per heavy atom. The van der Waals surface area contributed by atoms with E-state index in [1.807, 2.05) is 18.2 Å². The van der Waals surface area contributed by atoms with Gasteiger partial charge in [-0.25, -0.2) is 0 Å². The van der Waals surface area contributed by atoms with Crippen LogP contribution in [0.15, 0.2) is 24.3 Å². The van der Waals surface area contributed by atoms with Crippen LogP contribution in [0.1, 0.15) is 12.8 Å². The lowest BCUT2D eigenvalue weighted by atomic mass is 10.2. The molecular weight excluding hydrogens is 356 g/mol. The van der Waals surface area contributed by atoms with Crippen LogP contribution in [0.5, 0.6) is 5.75 Å². The molecule has 2 aromatic heterocycles. The van der Waals surface area contributed by atoms with E-state index >= 15 is 0 Å². The van der Waals surface area contributed by atoms with E-state index in [1.165, 1.54) is 12.8 Å². The molecule has 0 bridgehead atoms. The summed E-state index contributed by atoms with van der Waals surface area (Å²) in [6.45, 7) is 5.50. The van der Waals surface area contributed by atoms with Crippen molar-refractivity contribution >= 4 is 28.6 Å². The van der Waals surface area contributed by atoms with Crippen LogP contribution >= 0.6 is 0 Å². The number of methoxy groups -OCH3 is 1. The SMILES string of the molecule is COc1ccccc1N1CCN(c2nc(N3CCCC3)c3n[nH]nc3n2)CC1. The molecule has 0 unspecified atom stereocenters. The minimum absolute atomic E-state index is 0.638. The van der Waals surface area contributed by atoms with Gasteiger partial charge in [-0.15, -0.1) is 5.10 Å². The molecule has 0 spiro atoms. The predicted molar refractivity (Wildman–Crippen MR) is 108 cm³/mol. The number of rotatable bonds is 4. The summed E-state index contributed by atoms with van der Waals surface area (Å²) in [7, 11) is 1.72. The number of piperazine rings is 1. The van der Waals surface area contributed by atoms with Crippen LogP contribution in [0.25, 0.3) is 11.2 Å². The van der Waals surface area contributed by atoms with E-state index in [0.717, 1.165) is 68.0 Å². The maximum absolute atomic E-state index is 5.52. The molecule has 0 radical (unpaired) electrons. The van der Waals surface area contributed by atoms with Crippen molar-refractivity contribution in [1.29, 1.82) is 0 Å². The summed E-state index contributed by atoms with van der Waals surface area (Å²) >= 11 is 0. The van der Waals surface area contributed by atoms with Gasteiger partial charge in [-0.2, -0.15) is 20.3 Å².